The molecule has 1 amide bonds. The predicted octanol–water partition coefficient (Wildman–Crippen LogP) is 1.01. The highest BCUT2D eigenvalue weighted by atomic mass is 79.9. The van der Waals surface area contributed by atoms with Crippen molar-refractivity contribution in [1.82, 2.24) is 20.9 Å². The zero-order chi connectivity index (χ0) is 18.9. The molecule has 7 nitrogen and oxygen atoms in total. The van der Waals surface area contributed by atoms with Crippen LogP contribution in [-0.4, -0.2) is 37.3 Å². The van der Waals surface area contributed by atoms with Crippen LogP contribution in [0.15, 0.2) is 29.2 Å². The maximum Gasteiger partial charge on any atom is 0.240 e. The number of carbonyl (C=O) groups excluding carboxylic acids is 1. The van der Waals surface area contributed by atoms with Crippen LogP contribution >= 0.6 is 15.9 Å². The largest absolute Gasteiger partial charge is 0.351 e. The Labute approximate surface area is 162 Å². The van der Waals surface area contributed by atoms with Crippen LogP contribution in [0.1, 0.15) is 32.3 Å². The summed E-state index contributed by atoms with van der Waals surface area (Å²) in [5, 5.41) is 2.89. The number of alkyl halides is 1. The number of rotatable bonds is 7. The highest BCUT2D eigenvalue weighted by Gasteiger charge is 2.39. The molecule has 0 bridgehead atoms. The van der Waals surface area contributed by atoms with E-state index in [0.717, 1.165) is 18.4 Å². The van der Waals surface area contributed by atoms with E-state index in [4.69, 9.17) is 0 Å². The molecule has 1 aromatic rings. The number of halogens is 1. The fourth-order valence-electron chi connectivity index (χ4n) is 2.87. The number of hydrogen-bond donors (Lipinski definition) is 4. The van der Waals surface area contributed by atoms with E-state index < -0.39 is 10.0 Å². The Morgan fingerprint density at radius 1 is 1.23 bits per heavy atom. The maximum atomic E-state index is 12.4. The van der Waals surface area contributed by atoms with E-state index >= 15 is 0 Å². The van der Waals surface area contributed by atoms with Crippen molar-refractivity contribution in [2.45, 2.75) is 61.1 Å². The number of sulfonamides is 1. The second kappa shape index (κ2) is 7.93. The average Bonchev–Trinajstić information content (AvgIpc) is 3.30. The van der Waals surface area contributed by atoms with E-state index in [1.165, 1.54) is 0 Å². The minimum Gasteiger partial charge on any atom is -0.351 e. The fraction of sp³-hybridized carbons (Fsp3) is 0.588. The first-order valence-electron chi connectivity index (χ1n) is 8.82. The number of hydrogen-bond acceptors (Lipinski definition) is 5. The van der Waals surface area contributed by atoms with Crippen molar-refractivity contribution in [3.63, 3.8) is 0 Å². The number of hydrazine groups is 1. The van der Waals surface area contributed by atoms with Gasteiger partial charge in [-0.05, 0) is 36.5 Å². The minimum absolute atomic E-state index is 0.00326. The first-order chi connectivity index (χ1) is 12.3. The fourth-order valence-corrected chi connectivity index (χ4v) is 5.29. The zero-order valence-corrected chi connectivity index (χ0v) is 17.2. The lowest BCUT2D eigenvalue weighted by Crippen LogP contribution is -2.45. The molecule has 0 spiro atoms. The SMILES string of the molecule is CC(C)C1NNC(C(=O)NCc2ccc(S(=O)(=O)NC3CC3)cc2)C1Br. The van der Waals surface area contributed by atoms with Gasteiger partial charge >= 0.3 is 0 Å². The Hall–Kier alpha value is -1.00. The molecule has 0 aromatic heterocycles. The number of benzene rings is 1. The monoisotopic (exact) mass is 444 g/mol. The van der Waals surface area contributed by atoms with Crippen LogP contribution in [-0.2, 0) is 21.4 Å². The van der Waals surface area contributed by atoms with Gasteiger partial charge in [-0.25, -0.2) is 18.6 Å². The van der Waals surface area contributed by atoms with Crippen LogP contribution in [0.3, 0.4) is 0 Å². The van der Waals surface area contributed by atoms with Crippen molar-refractivity contribution >= 4 is 31.9 Å². The van der Waals surface area contributed by atoms with Gasteiger partial charge in [-0.15, -0.1) is 0 Å². The molecule has 4 N–H and O–H groups in total. The molecule has 26 heavy (non-hydrogen) atoms. The Kier molecular flexibility index (Phi) is 6.03. The highest BCUT2D eigenvalue weighted by molar-refractivity contribution is 9.09. The van der Waals surface area contributed by atoms with Gasteiger partial charge in [0.25, 0.3) is 0 Å². The van der Waals surface area contributed by atoms with Gasteiger partial charge in [0.05, 0.1) is 9.72 Å². The minimum atomic E-state index is -3.44. The normalized spacial score (nSPS) is 26.2. The first-order valence-corrected chi connectivity index (χ1v) is 11.2. The van der Waals surface area contributed by atoms with Gasteiger partial charge < -0.3 is 5.32 Å². The van der Waals surface area contributed by atoms with Crippen LogP contribution in [0.2, 0.25) is 0 Å². The second-order valence-corrected chi connectivity index (χ2v) is 10.0. The number of nitrogens with one attached hydrogen (secondary N) is 4. The smallest absolute Gasteiger partial charge is 0.240 e. The first kappa shape index (κ1) is 19.8. The quantitative estimate of drug-likeness (QED) is 0.470. The van der Waals surface area contributed by atoms with Gasteiger partial charge in [-0.3, -0.25) is 10.2 Å². The lowest BCUT2D eigenvalue weighted by atomic mass is 9.99. The molecular formula is C17H25BrN4O3S. The van der Waals surface area contributed by atoms with Crippen molar-refractivity contribution in [2.75, 3.05) is 0 Å². The van der Waals surface area contributed by atoms with Gasteiger partial charge in [0, 0.05) is 18.6 Å². The molecule has 1 aliphatic heterocycles. The van der Waals surface area contributed by atoms with E-state index in [1.807, 2.05) is 0 Å². The third-order valence-electron chi connectivity index (χ3n) is 4.67. The summed E-state index contributed by atoms with van der Waals surface area (Å²) in [5.41, 5.74) is 7.03. The molecule has 3 atom stereocenters. The molecule has 2 fully saturated rings. The van der Waals surface area contributed by atoms with Crippen LogP contribution in [0.5, 0.6) is 0 Å². The highest BCUT2D eigenvalue weighted by Crippen LogP contribution is 2.23. The zero-order valence-electron chi connectivity index (χ0n) is 14.8. The third kappa shape index (κ3) is 4.64. The molecule has 2 aliphatic rings. The summed E-state index contributed by atoms with van der Waals surface area (Å²) in [7, 11) is -3.44. The van der Waals surface area contributed by atoms with Gasteiger partial charge in [0.15, 0.2) is 0 Å². The van der Waals surface area contributed by atoms with Gasteiger partial charge in [0.1, 0.15) is 6.04 Å². The molecule has 1 aliphatic carbocycles. The Morgan fingerprint density at radius 2 is 1.88 bits per heavy atom. The Morgan fingerprint density at radius 3 is 2.42 bits per heavy atom. The van der Waals surface area contributed by atoms with Crippen molar-refractivity contribution in [2.24, 2.45) is 5.92 Å². The van der Waals surface area contributed by atoms with Crippen molar-refractivity contribution < 1.29 is 13.2 Å². The lowest BCUT2D eigenvalue weighted by molar-refractivity contribution is -0.122. The molecule has 1 aromatic carbocycles. The molecular weight excluding hydrogens is 420 g/mol. The molecule has 9 heteroatoms. The van der Waals surface area contributed by atoms with Crippen molar-refractivity contribution in [3.05, 3.63) is 29.8 Å². The van der Waals surface area contributed by atoms with E-state index in [9.17, 15) is 13.2 Å². The second-order valence-electron chi connectivity index (χ2n) is 7.24. The van der Waals surface area contributed by atoms with Gasteiger partial charge in [-0.2, -0.15) is 0 Å². The van der Waals surface area contributed by atoms with E-state index in [-0.39, 0.29) is 33.8 Å². The van der Waals surface area contributed by atoms with Crippen LogP contribution in [0.25, 0.3) is 0 Å². The topological polar surface area (TPSA) is 99.3 Å². The van der Waals surface area contributed by atoms with Gasteiger partial charge in [0.2, 0.25) is 15.9 Å². The summed E-state index contributed by atoms with van der Waals surface area (Å²) in [6.45, 7) is 4.54. The summed E-state index contributed by atoms with van der Waals surface area (Å²) in [4.78, 5) is 12.7. The van der Waals surface area contributed by atoms with Crippen LogP contribution in [0, 0.1) is 5.92 Å². The number of amides is 1. The van der Waals surface area contributed by atoms with E-state index in [2.05, 4.69) is 50.7 Å². The summed E-state index contributed by atoms with van der Waals surface area (Å²) in [6, 6.07) is 6.50. The maximum absolute atomic E-state index is 12.4. The summed E-state index contributed by atoms with van der Waals surface area (Å²) in [6.07, 6.45) is 1.80. The average molecular weight is 445 g/mol. The molecule has 3 unspecified atom stereocenters. The Bertz CT molecular complexity index is 750. The molecule has 1 saturated carbocycles. The predicted molar refractivity (Wildman–Crippen MR) is 103 cm³/mol. The summed E-state index contributed by atoms with van der Waals surface area (Å²) < 4.78 is 27.0. The van der Waals surface area contributed by atoms with Crippen LogP contribution in [0.4, 0.5) is 0 Å². The molecule has 1 heterocycles. The summed E-state index contributed by atoms with van der Waals surface area (Å²) >= 11 is 3.60. The Balaban J connectivity index is 1.54. The van der Waals surface area contributed by atoms with E-state index in [1.54, 1.807) is 24.3 Å². The van der Waals surface area contributed by atoms with Crippen molar-refractivity contribution in [3.8, 4) is 0 Å². The van der Waals surface area contributed by atoms with Gasteiger partial charge in [-0.1, -0.05) is 41.9 Å². The molecule has 1 saturated heterocycles. The molecule has 144 valence electrons. The standard InChI is InChI=1S/C17H25BrN4O3S/c1-10(2)15-14(18)16(21-20-15)17(23)19-9-11-3-7-13(8-4-11)26(24,25)22-12-5-6-12/h3-4,7-8,10,12,14-16,20-22H,5-6,9H2,1-2H3,(H,19,23). The summed E-state index contributed by atoms with van der Waals surface area (Å²) in [5.74, 6) is 0.290. The molecule has 0 radical (unpaired) electrons. The van der Waals surface area contributed by atoms with E-state index in [0.29, 0.717) is 12.5 Å². The molecule has 3 rings (SSSR count). The number of carbonyl (C=O) groups is 1. The van der Waals surface area contributed by atoms with Crippen molar-refractivity contribution in [1.29, 1.82) is 0 Å². The third-order valence-corrected chi connectivity index (χ3v) is 7.30. The van der Waals surface area contributed by atoms with Crippen LogP contribution < -0.4 is 20.9 Å². The lowest BCUT2D eigenvalue weighted by Gasteiger charge is -2.19.